The van der Waals surface area contributed by atoms with Gasteiger partial charge in [-0.05, 0) is 50.4 Å². The molecule has 0 aromatic heterocycles. The number of hydrogen-bond acceptors (Lipinski definition) is 4. The maximum atomic E-state index is 11.5. The van der Waals surface area contributed by atoms with E-state index in [2.05, 4.69) is 17.9 Å². The summed E-state index contributed by atoms with van der Waals surface area (Å²) >= 11 is 4.43. The first-order valence-electron chi connectivity index (χ1n) is 7.81. The molecule has 3 rings (SSSR count). The number of anilines is 1. The highest BCUT2D eigenvalue weighted by Crippen LogP contribution is 2.39. The van der Waals surface area contributed by atoms with Crippen molar-refractivity contribution in [2.45, 2.75) is 45.3 Å². The number of carbonyl (C=O) groups is 1. The molecule has 2 aliphatic rings. The fourth-order valence-corrected chi connectivity index (χ4v) is 2.96. The Hall–Kier alpha value is -1.24. The minimum atomic E-state index is -0.402. The molecule has 0 unspecified atom stereocenters. The third-order valence-electron chi connectivity index (χ3n) is 4.85. The van der Waals surface area contributed by atoms with Gasteiger partial charge in [0.15, 0.2) is 0 Å². The predicted octanol–water partition coefficient (Wildman–Crippen LogP) is 3.13. The van der Waals surface area contributed by atoms with Crippen LogP contribution in [0.15, 0.2) is 23.7 Å². The summed E-state index contributed by atoms with van der Waals surface area (Å²) in [5.41, 5.74) is 3.16. The molecule has 1 aromatic rings. The lowest BCUT2D eigenvalue weighted by Gasteiger charge is -2.32. The molecule has 0 atom stereocenters. The summed E-state index contributed by atoms with van der Waals surface area (Å²) in [5, 5.41) is 2.87. The first-order chi connectivity index (χ1) is 10.7. The summed E-state index contributed by atoms with van der Waals surface area (Å²) in [6, 6.07) is 5.97. The van der Waals surface area contributed by atoms with Crippen LogP contribution in [0.2, 0.25) is 0 Å². The highest BCUT2D eigenvalue weighted by Gasteiger charge is 2.52. The van der Waals surface area contributed by atoms with Crippen LogP contribution in [-0.2, 0) is 20.5 Å². The van der Waals surface area contributed by atoms with Crippen LogP contribution >= 0.6 is 12.6 Å². The zero-order chi connectivity index (χ0) is 16.8. The van der Waals surface area contributed by atoms with Gasteiger partial charge in [-0.2, -0.15) is 12.6 Å². The second kappa shape index (κ2) is 5.69. The van der Waals surface area contributed by atoms with Crippen molar-refractivity contribution in [2.75, 3.05) is 11.1 Å². The predicted molar refractivity (Wildman–Crippen MR) is 96.7 cm³/mol. The van der Waals surface area contributed by atoms with Gasteiger partial charge in [0, 0.05) is 11.4 Å². The molecular formula is C17H22BNO3S. The topological polar surface area (TPSA) is 47.6 Å². The number of amides is 1. The molecule has 1 aromatic carbocycles. The van der Waals surface area contributed by atoms with Gasteiger partial charge < -0.3 is 14.6 Å². The van der Waals surface area contributed by atoms with Crippen LogP contribution < -0.4 is 5.32 Å². The van der Waals surface area contributed by atoms with Gasteiger partial charge in [0.25, 0.3) is 0 Å². The summed E-state index contributed by atoms with van der Waals surface area (Å²) in [6.45, 7) is 8.14. The monoisotopic (exact) mass is 331 g/mol. The standard InChI is InChI=1S/C17H22BNO3S/c1-16(2)17(3,4)22-18(21-16)13(10-23)7-11-5-6-12-9-15(20)19-14(12)8-11/h5-8,23H,9-10H2,1-4H3,(H,19,20). The van der Waals surface area contributed by atoms with Crippen LogP contribution in [0, 0.1) is 0 Å². The molecule has 0 bridgehead atoms. The molecule has 2 aliphatic heterocycles. The molecule has 0 saturated carbocycles. The molecule has 23 heavy (non-hydrogen) atoms. The quantitative estimate of drug-likeness (QED) is 0.661. The highest BCUT2D eigenvalue weighted by molar-refractivity contribution is 7.80. The number of fused-ring (bicyclic) bond motifs is 1. The van der Waals surface area contributed by atoms with Gasteiger partial charge in [-0.25, -0.2) is 0 Å². The van der Waals surface area contributed by atoms with E-state index in [4.69, 9.17) is 9.31 Å². The highest BCUT2D eigenvalue weighted by atomic mass is 32.1. The Morgan fingerprint density at radius 2 is 1.96 bits per heavy atom. The maximum Gasteiger partial charge on any atom is 0.491 e. The third-order valence-corrected chi connectivity index (χ3v) is 5.21. The van der Waals surface area contributed by atoms with E-state index < -0.39 is 7.12 Å². The lowest BCUT2D eigenvalue weighted by molar-refractivity contribution is -0.115. The summed E-state index contributed by atoms with van der Waals surface area (Å²) in [7, 11) is -0.402. The lowest BCUT2D eigenvalue weighted by atomic mass is 9.78. The Kier molecular flexibility index (Phi) is 4.11. The van der Waals surface area contributed by atoms with E-state index in [0.29, 0.717) is 12.2 Å². The second-order valence-corrected chi connectivity index (χ2v) is 7.42. The molecule has 122 valence electrons. The summed E-state index contributed by atoms with van der Waals surface area (Å²) in [4.78, 5) is 11.5. The van der Waals surface area contributed by atoms with Crippen LogP contribution in [0.4, 0.5) is 5.69 Å². The SMILES string of the molecule is CC1(C)OB(C(=Cc2ccc3c(c2)NC(=O)C3)CS)OC1(C)C. The Labute approximate surface area is 143 Å². The molecule has 2 heterocycles. The summed E-state index contributed by atoms with van der Waals surface area (Å²) in [5.74, 6) is 0.585. The first kappa shape index (κ1) is 16.6. The molecule has 1 amide bonds. The number of hydrogen-bond donors (Lipinski definition) is 2. The van der Waals surface area contributed by atoms with E-state index in [0.717, 1.165) is 22.3 Å². The molecule has 1 saturated heterocycles. The summed E-state index contributed by atoms with van der Waals surface area (Å²) < 4.78 is 12.2. The number of rotatable bonds is 3. The number of thiol groups is 1. The average Bonchev–Trinajstić information content (AvgIpc) is 2.91. The Bertz CT molecular complexity index is 668. The number of benzene rings is 1. The minimum Gasteiger partial charge on any atom is -0.400 e. The fourth-order valence-electron chi connectivity index (χ4n) is 2.72. The van der Waals surface area contributed by atoms with Crippen molar-refractivity contribution in [1.82, 2.24) is 0 Å². The van der Waals surface area contributed by atoms with E-state index in [1.807, 2.05) is 52.0 Å². The Balaban J connectivity index is 1.86. The van der Waals surface area contributed by atoms with E-state index in [1.165, 1.54) is 0 Å². The summed E-state index contributed by atoms with van der Waals surface area (Å²) in [6.07, 6.45) is 2.48. The van der Waals surface area contributed by atoms with Gasteiger partial charge in [0.1, 0.15) is 0 Å². The van der Waals surface area contributed by atoms with Crippen molar-refractivity contribution < 1.29 is 14.1 Å². The molecule has 0 radical (unpaired) electrons. The number of nitrogens with one attached hydrogen (secondary N) is 1. The van der Waals surface area contributed by atoms with Gasteiger partial charge in [-0.15, -0.1) is 0 Å². The van der Waals surface area contributed by atoms with E-state index >= 15 is 0 Å². The van der Waals surface area contributed by atoms with Crippen LogP contribution in [0.1, 0.15) is 38.8 Å². The van der Waals surface area contributed by atoms with Gasteiger partial charge in [0.05, 0.1) is 17.6 Å². The van der Waals surface area contributed by atoms with E-state index in [9.17, 15) is 4.79 Å². The van der Waals surface area contributed by atoms with Crippen molar-refractivity contribution in [3.8, 4) is 0 Å². The third kappa shape index (κ3) is 3.07. The molecular weight excluding hydrogens is 309 g/mol. The van der Waals surface area contributed by atoms with Crippen molar-refractivity contribution >= 4 is 37.4 Å². The van der Waals surface area contributed by atoms with Crippen molar-refractivity contribution in [3.05, 3.63) is 34.8 Å². The zero-order valence-corrected chi connectivity index (χ0v) is 14.9. The van der Waals surface area contributed by atoms with Gasteiger partial charge in [0.2, 0.25) is 5.91 Å². The normalized spacial score (nSPS) is 22.2. The first-order valence-corrected chi connectivity index (χ1v) is 8.45. The number of carbonyl (C=O) groups excluding carboxylic acids is 1. The molecule has 0 aliphatic carbocycles. The van der Waals surface area contributed by atoms with E-state index in [-0.39, 0.29) is 17.1 Å². The van der Waals surface area contributed by atoms with Crippen LogP contribution in [-0.4, -0.2) is 30.0 Å². The van der Waals surface area contributed by atoms with Crippen LogP contribution in [0.3, 0.4) is 0 Å². The van der Waals surface area contributed by atoms with Crippen molar-refractivity contribution in [1.29, 1.82) is 0 Å². The lowest BCUT2D eigenvalue weighted by Crippen LogP contribution is -2.41. The minimum absolute atomic E-state index is 0.0431. The van der Waals surface area contributed by atoms with Gasteiger partial charge in [-0.3, -0.25) is 4.79 Å². The second-order valence-electron chi connectivity index (χ2n) is 7.11. The molecule has 1 fully saturated rings. The van der Waals surface area contributed by atoms with Crippen LogP contribution in [0.5, 0.6) is 0 Å². The fraction of sp³-hybridized carbons (Fsp3) is 0.471. The molecule has 0 spiro atoms. The zero-order valence-electron chi connectivity index (χ0n) is 14.0. The van der Waals surface area contributed by atoms with Gasteiger partial charge in [-0.1, -0.05) is 18.2 Å². The Morgan fingerprint density at radius 1 is 1.30 bits per heavy atom. The average molecular weight is 331 g/mol. The Morgan fingerprint density at radius 3 is 2.57 bits per heavy atom. The molecule has 4 nitrogen and oxygen atoms in total. The largest absolute Gasteiger partial charge is 0.491 e. The smallest absolute Gasteiger partial charge is 0.400 e. The van der Waals surface area contributed by atoms with Crippen molar-refractivity contribution in [2.24, 2.45) is 0 Å². The molecule has 6 heteroatoms. The van der Waals surface area contributed by atoms with E-state index in [1.54, 1.807) is 0 Å². The van der Waals surface area contributed by atoms with Crippen molar-refractivity contribution in [3.63, 3.8) is 0 Å². The maximum absolute atomic E-state index is 11.5. The van der Waals surface area contributed by atoms with Crippen LogP contribution in [0.25, 0.3) is 6.08 Å². The molecule has 1 N–H and O–H groups in total. The van der Waals surface area contributed by atoms with Gasteiger partial charge >= 0.3 is 7.12 Å².